The first kappa shape index (κ1) is 16.0. The van der Waals surface area contributed by atoms with Crippen molar-refractivity contribution in [3.05, 3.63) is 24.3 Å². The maximum atomic E-state index is 11.9. The number of amides is 1. The van der Waals surface area contributed by atoms with E-state index in [9.17, 15) is 9.59 Å². The molecule has 20 heavy (non-hydrogen) atoms. The van der Waals surface area contributed by atoms with E-state index in [1.165, 1.54) is 0 Å². The number of carbonyl (C=O) groups is 2. The number of hydrogen-bond donors (Lipinski definition) is 1. The summed E-state index contributed by atoms with van der Waals surface area (Å²) in [5.74, 6) is 0.178. The largest absolute Gasteiger partial charge is 0.450 e. The lowest BCUT2D eigenvalue weighted by molar-refractivity contribution is -0.144. The highest BCUT2D eigenvalue weighted by Gasteiger charge is 2.27. The normalized spacial score (nSPS) is 10.8. The summed E-state index contributed by atoms with van der Waals surface area (Å²) in [6, 6.07) is 6.56. The molecular weight excluding hydrogens is 258 g/mol. The van der Waals surface area contributed by atoms with E-state index in [-0.39, 0.29) is 5.97 Å². The summed E-state index contributed by atoms with van der Waals surface area (Å²) in [6.07, 6.45) is 0.193. The summed E-state index contributed by atoms with van der Waals surface area (Å²) in [5.41, 5.74) is 0.0694. The summed E-state index contributed by atoms with van der Waals surface area (Å²) < 4.78 is 10.1. The predicted octanol–water partition coefficient (Wildman–Crippen LogP) is 3.60. The molecule has 0 spiro atoms. The summed E-state index contributed by atoms with van der Waals surface area (Å²) >= 11 is 0. The molecule has 1 aromatic rings. The Kier molecular flexibility index (Phi) is 5.55. The Morgan fingerprint density at radius 3 is 2.25 bits per heavy atom. The van der Waals surface area contributed by atoms with E-state index in [1.54, 1.807) is 31.2 Å². The lowest BCUT2D eigenvalue weighted by atomic mass is 9.91. The molecule has 0 saturated carbocycles. The molecule has 5 nitrogen and oxygen atoms in total. The van der Waals surface area contributed by atoms with Gasteiger partial charge in [0.05, 0.1) is 12.0 Å². The van der Waals surface area contributed by atoms with Crippen LogP contribution in [0.4, 0.5) is 10.5 Å². The molecule has 1 amide bonds. The van der Waals surface area contributed by atoms with Crippen LogP contribution in [0.2, 0.25) is 0 Å². The molecule has 110 valence electrons. The van der Waals surface area contributed by atoms with E-state index in [2.05, 4.69) is 5.32 Å². The van der Waals surface area contributed by atoms with Gasteiger partial charge in [0.15, 0.2) is 0 Å². The number of hydrogen-bond acceptors (Lipinski definition) is 4. The number of carbonyl (C=O) groups excluding carboxylic acids is 2. The molecule has 0 saturated heterocycles. The molecule has 0 atom stereocenters. The van der Waals surface area contributed by atoms with Gasteiger partial charge in [-0.15, -0.1) is 0 Å². The SMILES string of the molecule is CCOC(=O)Nc1ccc(OC(=O)C(C)(C)CC)cc1. The van der Waals surface area contributed by atoms with Gasteiger partial charge >= 0.3 is 12.1 Å². The third-order valence-corrected chi connectivity index (χ3v) is 3.02. The Morgan fingerprint density at radius 2 is 1.75 bits per heavy atom. The van der Waals surface area contributed by atoms with Crippen molar-refractivity contribution in [2.75, 3.05) is 11.9 Å². The van der Waals surface area contributed by atoms with E-state index in [0.717, 1.165) is 0 Å². The van der Waals surface area contributed by atoms with Gasteiger partial charge in [0.25, 0.3) is 0 Å². The second kappa shape index (κ2) is 6.93. The van der Waals surface area contributed by atoms with Crippen molar-refractivity contribution < 1.29 is 19.1 Å². The topological polar surface area (TPSA) is 64.6 Å². The maximum absolute atomic E-state index is 11.9. The highest BCUT2D eigenvalue weighted by atomic mass is 16.5. The van der Waals surface area contributed by atoms with Crippen molar-refractivity contribution in [2.24, 2.45) is 5.41 Å². The van der Waals surface area contributed by atoms with Crippen LogP contribution in [0.5, 0.6) is 5.75 Å². The van der Waals surface area contributed by atoms with Crippen LogP contribution in [0, 0.1) is 5.41 Å². The summed E-state index contributed by atoms with van der Waals surface area (Å²) in [4.78, 5) is 23.1. The van der Waals surface area contributed by atoms with Crippen molar-refractivity contribution in [3.63, 3.8) is 0 Å². The first-order valence-corrected chi connectivity index (χ1v) is 6.65. The number of esters is 1. The van der Waals surface area contributed by atoms with Gasteiger partial charge in [-0.25, -0.2) is 4.79 Å². The van der Waals surface area contributed by atoms with Crippen molar-refractivity contribution >= 4 is 17.7 Å². The zero-order chi connectivity index (χ0) is 15.2. The highest BCUT2D eigenvalue weighted by Crippen LogP contribution is 2.24. The third kappa shape index (κ3) is 4.57. The Balaban J connectivity index is 2.63. The van der Waals surface area contributed by atoms with E-state index in [0.29, 0.717) is 24.5 Å². The summed E-state index contributed by atoms with van der Waals surface area (Å²) in [7, 11) is 0. The van der Waals surface area contributed by atoms with Gasteiger partial charge in [-0.05, 0) is 51.5 Å². The fraction of sp³-hybridized carbons (Fsp3) is 0.467. The van der Waals surface area contributed by atoms with Gasteiger partial charge in [-0.2, -0.15) is 0 Å². The molecule has 0 fully saturated rings. The zero-order valence-corrected chi connectivity index (χ0v) is 12.4. The minimum Gasteiger partial charge on any atom is -0.450 e. The van der Waals surface area contributed by atoms with Crippen LogP contribution in [0.25, 0.3) is 0 Å². The van der Waals surface area contributed by atoms with Crippen molar-refractivity contribution in [2.45, 2.75) is 34.1 Å². The molecule has 0 aromatic heterocycles. The lowest BCUT2D eigenvalue weighted by Crippen LogP contribution is -2.28. The van der Waals surface area contributed by atoms with Crippen LogP contribution in [0.1, 0.15) is 34.1 Å². The molecule has 1 aromatic carbocycles. The minimum atomic E-state index is -0.512. The molecule has 1 N–H and O–H groups in total. The molecular formula is C15H21NO4. The standard InChI is InChI=1S/C15H21NO4/c1-5-15(3,4)13(17)20-12-9-7-11(8-10-12)16-14(18)19-6-2/h7-10H,5-6H2,1-4H3,(H,16,18). The number of nitrogens with one attached hydrogen (secondary N) is 1. The van der Waals surface area contributed by atoms with Crippen LogP contribution in [0.15, 0.2) is 24.3 Å². The number of rotatable bonds is 5. The molecule has 5 heteroatoms. The Hall–Kier alpha value is -2.04. The van der Waals surface area contributed by atoms with Crippen molar-refractivity contribution in [3.8, 4) is 5.75 Å². The van der Waals surface area contributed by atoms with Crippen molar-refractivity contribution in [1.29, 1.82) is 0 Å². The van der Waals surface area contributed by atoms with Gasteiger partial charge in [0, 0.05) is 5.69 Å². The molecule has 0 heterocycles. The van der Waals surface area contributed by atoms with E-state index < -0.39 is 11.5 Å². The first-order valence-electron chi connectivity index (χ1n) is 6.65. The minimum absolute atomic E-state index is 0.272. The van der Waals surface area contributed by atoms with E-state index in [1.807, 2.05) is 20.8 Å². The zero-order valence-electron chi connectivity index (χ0n) is 12.4. The number of benzene rings is 1. The van der Waals surface area contributed by atoms with Gasteiger partial charge in [-0.3, -0.25) is 10.1 Å². The van der Waals surface area contributed by atoms with Gasteiger partial charge in [-0.1, -0.05) is 6.92 Å². The Labute approximate surface area is 119 Å². The monoisotopic (exact) mass is 279 g/mol. The first-order chi connectivity index (χ1) is 9.39. The molecule has 0 bridgehead atoms. The average molecular weight is 279 g/mol. The van der Waals surface area contributed by atoms with Crippen LogP contribution in [-0.2, 0) is 9.53 Å². The fourth-order valence-electron chi connectivity index (χ4n) is 1.28. The third-order valence-electron chi connectivity index (χ3n) is 3.02. The summed E-state index contributed by atoms with van der Waals surface area (Å²) in [5, 5.41) is 2.56. The molecule has 0 aliphatic rings. The van der Waals surface area contributed by atoms with Crippen LogP contribution >= 0.6 is 0 Å². The number of ether oxygens (including phenoxy) is 2. The van der Waals surface area contributed by atoms with Crippen LogP contribution in [-0.4, -0.2) is 18.7 Å². The lowest BCUT2D eigenvalue weighted by Gasteiger charge is -2.20. The maximum Gasteiger partial charge on any atom is 0.411 e. The molecule has 0 radical (unpaired) electrons. The second-order valence-corrected chi connectivity index (χ2v) is 5.00. The molecule has 0 aliphatic heterocycles. The van der Waals surface area contributed by atoms with Gasteiger partial charge in [0.2, 0.25) is 0 Å². The highest BCUT2D eigenvalue weighted by molar-refractivity contribution is 5.84. The van der Waals surface area contributed by atoms with Gasteiger partial charge < -0.3 is 9.47 Å². The van der Waals surface area contributed by atoms with Crippen LogP contribution < -0.4 is 10.1 Å². The van der Waals surface area contributed by atoms with Crippen molar-refractivity contribution in [1.82, 2.24) is 0 Å². The van der Waals surface area contributed by atoms with E-state index in [4.69, 9.17) is 9.47 Å². The summed E-state index contributed by atoms with van der Waals surface area (Å²) in [6.45, 7) is 7.66. The Bertz CT molecular complexity index is 465. The smallest absolute Gasteiger partial charge is 0.411 e. The predicted molar refractivity (Wildman–Crippen MR) is 76.8 cm³/mol. The Morgan fingerprint density at radius 1 is 1.15 bits per heavy atom. The molecule has 0 aliphatic carbocycles. The quantitative estimate of drug-likeness (QED) is 0.660. The number of anilines is 1. The second-order valence-electron chi connectivity index (χ2n) is 5.00. The average Bonchev–Trinajstić information content (AvgIpc) is 2.41. The molecule has 0 unspecified atom stereocenters. The fourth-order valence-corrected chi connectivity index (χ4v) is 1.28. The van der Waals surface area contributed by atoms with Crippen LogP contribution in [0.3, 0.4) is 0 Å². The molecule has 1 rings (SSSR count). The van der Waals surface area contributed by atoms with E-state index >= 15 is 0 Å². The van der Waals surface area contributed by atoms with Gasteiger partial charge in [0.1, 0.15) is 5.75 Å².